The van der Waals surface area contributed by atoms with E-state index in [4.69, 9.17) is 0 Å². The molecule has 1 atom stereocenters. The minimum Gasteiger partial charge on any atom is -0.384 e. The van der Waals surface area contributed by atoms with Gasteiger partial charge in [0.05, 0.1) is 0 Å². The Kier molecular flexibility index (Phi) is 2.60. The van der Waals surface area contributed by atoms with E-state index in [0.717, 1.165) is 18.4 Å². The van der Waals surface area contributed by atoms with E-state index in [9.17, 15) is 0 Å². The largest absolute Gasteiger partial charge is 0.384 e. The van der Waals surface area contributed by atoms with E-state index >= 15 is 0 Å². The van der Waals surface area contributed by atoms with Gasteiger partial charge < -0.3 is 10.2 Å². The van der Waals surface area contributed by atoms with Crippen molar-refractivity contribution in [1.82, 2.24) is 4.90 Å². The zero-order valence-electron chi connectivity index (χ0n) is 9.95. The van der Waals surface area contributed by atoms with Gasteiger partial charge >= 0.3 is 0 Å². The molecule has 2 heterocycles. The fourth-order valence-corrected chi connectivity index (χ4v) is 3.16. The molecule has 2 aliphatic heterocycles. The van der Waals surface area contributed by atoms with Gasteiger partial charge in [-0.3, -0.25) is 0 Å². The molecule has 1 N–H and O–H groups in total. The Morgan fingerprint density at radius 3 is 2.75 bits per heavy atom. The van der Waals surface area contributed by atoms with Crippen LogP contribution in [-0.4, -0.2) is 31.6 Å². The first-order valence-electron chi connectivity index (χ1n) is 6.36. The fourth-order valence-electron chi connectivity index (χ4n) is 3.16. The molecule has 1 unspecified atom stereocenters. The lowest BCUT2D eigenvalue weighted by Crippen LogP contribution is -2.33. The lowest BCUT2D eigenvalue weighted by molar-refractivity contribution is 0.202. The molecule has 0 amide bonds. The van der Waals surface area contributed by atoms with Crippen molar-refractivity contribution in [3.05, 3.63) is 29.8 Å². The molecule has 2 heteroatoms. The van der Waals surface area contributed by atoms with Gasteiger partial charge in [-0.2, -0.15) is 0 Å². The van der Waals surface area contributed by atoms with Crippen LogP contribution in [0.25, 0.3) is 0 Å². The molecule has 0 spiro atoms. The normalized spacial score (nSPS) is 26.4. The molecule has 0 saturated carbocycles. The van der Waals surface area contributed by atoms with Crippen LogP contribution in [0.15, 0.2) is 24.3 Å². The summed E-state index contributed by atoms with van der Waals surface area (Å²) in [5, 5.41) is 3.55. The lowest BCUT2D eigenvalue weighted by atomic mass is 9.81. The average Bonchev–Trinajstić information content (AvgIpc) is 2.74. The number of fused-ring (bicyclic) bond motifs is 1. The van der Waals surface area contributed by atoms with Crippen LogP contribution in [0.1, 0.15) is 24.3 Å². The number of hydrogen-bond donors (Lipinski definition) is 1. The smallest absolute Gasteiger partial charge is 0.0376 e. The molecule has 0 aromatic heterocycles. The van der Waals surface area contributed by atoms with Crippen LogP contribution in [-0.2, 0) is 0 Å². The van der Waals surface area contributed by atoms with Crippen molar-refractivity contribution >= 4 is 5.69 Å². The van der Waals surface area contributed by atoms with Crippen LogP contribution in [0.5, 0.6) is 0 Å². The summed E-state index contributed by atoms with van der Waals surface area (Å²) in [6, 6.07) is 8.82. The van der Waals surface area contributed by atoms with Crippen molar-refractivity contribution in [2.75, 3.05) is 32.0 Å². The number of nitrogens with zero attached hydrogens (tertiary/aromatic N) is 1. The zero-order valence-corrected chi connectivity index (χ0v) is 9.95. The summed E-state index contributed by atoms with van der Waals surface area (Å²) >= 11 is 0. The van der Waals surface area contributed by atoms with Crippen LogP contribution in [0.2, 0.25) is 0 Å². The Balaban J connectivity index is 1.77. The number of anilines is 1. The molecule has 0 bridgehead atoms. The number of piperidine rings is 1. The first-order valence-corrected chi connectivity index (χ1v) is 6.36. The van der Waals surface area contributed by atoms with Crippen molar-refractivity contribution in [2.24, 2.45) is 5.92 Å². The maximum atomic E-state index is 3.55. The van der Waals surface area contributed by atoms with Crippen LogP contribution in [0, 0.1) is 5.92 Å². The number of para-hydroxylation sites is 1. The van der Waals surface area contributed by atoms with Crippen LogP contribution in [0.4, 0.5) is 5.69 Å². The van der Waals surface area contributed by atoms with Gasteiger partial charge in [-0.05, 0) is 50.5 Å². The third-order valence-electron chi connectivity index (χ3n) is 4.20. The minimum absolute atomic E-state index is 0.755. The van der Waals surface area contributed by atoms with Crippen molar-refractivity contribution in [1.29, 1.82) is 0 Å². The molecule has 1 aromatic carbocycles. The highest BCUT2D eigenvalue weighted by Crippen LogP contribution is 2.39. The van der Waals surface area contributed by atoms with E-state index in [1.165, 1.54) is 31.6 Å². The summed E-state index contributed by atoms with van der Waals surface area (Å²) < 4.78 is 0. The van der Waals surface area contributed by atoms with Gasteiger partial charge in [0.15, 0.2) is 0 Å². The lowest BCUT2D eigenvalue weighted by Gasteiger charge is -2.32. The first kappa shape index (κ1) is 10.2. The predicted octanol–water partition coefficient (Wildman–Crippen LogP) is 2.54. The van der Waals surface area contributed by atoms with E-state index in [0.29, 0.717) is 0 Å². The highest BCUT2D eigenvalue weighted by molar-refractivity contribution is 5.57. The summed E-state index contributed by atoms with van der Waals surface area (Å²) in [4.78, 5) is 2.45. The van der Waals surface area contributed by atoms with Gasteiger partial charge in [0.2, 0.25) is 0 Å². The van der Waals surface area contributed by atoms with E-state index in [1.54, 1.807) is 5.56 Å². The third-order valence-corrected chi connectivity index (χ3v) is 4.20. The van der Waals surface area contributed by atoms with Gasteiger partial charge in [-0.1, -0.05) is 18.2 Å². The second-order valence-electron chi connectivity index (χ2n) is 5.22. The monoisotopic (exact) mass is 216 g/mol. The summed E-state index contributed by atoms with van der Waals surface area (Å²) in [6.45, 7) is 3.68. The van der Waals surface area contributed by atoms with Crippen LogP contribution < -0.4 is 5.32 Å². The molecule has 0 aliphatic carbocycles. The van der Waals surface area contributed by atoms with Crippen molar-refractivity contribution in [3.63, 3.8) is 0 Å². The highest BCUT2D eigenvalue weighted by Gasteiger charge is 2.31. The molecule has 2 aliphatic rings. The molecule has 0 radical (unpaired) electrons. The molecular formula is C14H20N2. The number of hydrogen-bond acceptors (Lipinski definition) is 2. The van der Waals surface area contributed by atoms with Gasteiger partial charge in [-0.25, -0.2) is 0 Å². The maximum absolute atomic E-state index is 3.55. The average molecular weight is 216 g/mol. The van der Waals surface area contributed by atoms with E-state index in [2.05, 4.69) is 41.5 Å². The van der Waals surface area contributed by atoms with Crippen molar-refractivity contribution in [2.45, 2.75) is 18.8 Å². The first-order chi connectivity index (χ1) is 7.84. The molecule has 16 heavy (non-hydrogen) atoms. The van der Waals surface area contributed by atoms with Gasteiger partial charge in [0.1, 0.15) is 0 Å². The van der Waals surface area contributed by atoms with Crippen LogP contribution >= 0.6 is 0 Å². The molecule has 1 fully saturated rings. The summed E-state index contributed by atoms with van der Waals surface area (Å²) in [5.41, 5.74) is 2.92. The quantitative estimate of drug-likeness (QED) is 0.776. The van der Waals surface area contributed by atoms with Crippen LogP contribution in [0.3, 0.4) is 0 Å². The molecule has 2 nitrogen and oxygen atoms in total. The number of nitrogens with one attached hydrogen (secondary N) is 1. The Bertz CT molecular complexity index is 367. The summed E-state index contributed by atoms with van der Waals surface area (Å²) in [7, 11) is 2.23. The van der Waals surface area contributed by atoms with Gasteiger partial charge in [0, 0.05) is 18.2 Å². The third kappa shape index (κ3) is 1.71. The van der Waals surface area contributed by atoms with Gasteiger partial charge in [0.25, 0.3) is 0 Å². The minimum atomic E-state index is 0.755. The molecular weight excluding hydrogens is 196 g/mol. The predicted molar refractivity (Wildman–Crippen MR) is 67.9 cm³/mol. The SMILES string of the molecule is CN1CCC(C2CNc3ccccc32)CC1. The number of benzene rings is 1. The van der Waals surface area contributed by atoms with E-state index < -0.39 is 0 Å². The maximum Gasteiger partial charge on any atom is 0.0376 e. The standard InChI is InChI=1S/C14H20N2/c1-16-8-6-11(7-9-16)13-10-15-14-5-3-2-4-12(13)14/h2-5,11,13,15H,6-10H2,1H3. The summed E-state index contributed by atoms with van der Waals surface area (Å²) in [6.07, 6.45) is 2.72. The Labute approximate surface area is 97.6 Å². The second kappa shape index (κ2) is 4.10. The topological polar surface area (TPSA) is 15.3 Å². The zero-order chi connectivity index (χ0) is 11.0. The molecule has 1 saturated heterocycles. The number of likely N-dealkylation sites (tertiary alicyclic amines) is 1. The molecule has 86 valence electrons. The van der Waals surface area contributed by atoms with Crippen molar-refractivity contribution < 1.29 is 0 Å². The Morgan fingerprint density at radius 2 is 1.94 bits per heavy atom. The second-order valence-corrected chi connectivity index (χ2v) is 5.22. The Hall–Kier alpha value is -1.02. The van der Waals surface area contributed by atoms with Gasteiger partial charge in [-0.15, -0.1) is 0 Å². The highest BCUT2D eigenvalue weighted by atomic mass is 15.1. The van der Waals surface area contributed by atoms with Crippen molar-refractivity contribution in [3.8, 4) is 0 Å². The fraction of sp³-hybridized carbons (Fsp3) is 0.571. The molecule has 1 aromatic rings. The van der Waals surface area contributed by atoms with E-state index in [-0.39, 0.29) is 0 Å². The summed E-state index contributed by atoms with van der Waals surface area (Å²) in [5.74, 6) is 1.64. The number of rotatable bonds is 1. The Morgan fingerprint density at radius 1 is 1.19 bits per heavy atom. The van der Waals surface area contributed by atoms with E-state index in [1.807, 2.05) is 0 Å². The molecule has 3 rings (SSSR count).